The average Bonchev–Trinajstić information content (AvgIpc) is 2.39. The molecule has 0 saturated carbocycles. The third kappa shape index (κ3) is 3.53. The minimum Gasteiger partial charge on any atom is -0.353 e. The Morgan fingerprint density at radius 3 is 3.00 bits per heavy atom. The highest BCUT2D eigenvalue weighted by atomic mass is 19.1. The number of halogens is 1. The van der Waals surface area contributed by atoms with Crippen LogP contribution >= 0.6 is 0 Å². The van der Waals surface area contributed by atoms with E-state index in [9.17, 15) is 9.18 Å². The summed E-state index contributed by atoms with van der Waals surface area (Å²) >= 11 is 0. The number of carbonyl (C=O) groups is 1. The van der Waals surface area contributed by atoms with Crippen molar-refractivity contribution in [1.82, 2.24) is 10.6 Å². The van der Waals surface area contributed by atoms with Crippen LogP contribution in [0.5, 0.6) is 0 Å². The van der Waals surface area contributed by atoms with Crippen LogP contribution in [0.3, 0.4) is 0 Å². The molecular weight excluding hydrogens is 243 g/mol. The van der Waals surface area contributed by atoms with Crippen LogP contribution in [0.1, 0.15) is 43.4 Å². The van der Waals surface area contributed by atoms with E-state index in [1.165, 1.54) is 6.07 Å². The minimum absolute atomic E-state index is 0.0986. The largest absolute Gasteiger partial charge is 0.353 e. The van der Waals surface area contributed by atoms with Gasteiger partial charge in [0, 0.05) is 18.5 Å². The van der Waals surface area contributed by atoms with Gasteiger partial charge in [-0.15, -0.1) is 0 Å². The second kappa shape index (κ2) is 6.15. The number of hydrogen-bond acceptors (Lipinski definition) is 2. The highest BCUT2D eigenvalue weighted by Gasteiger charge is 2.24. The SMILES string of the molecule is CCC(=O)NC1CCNC(c2ccc(F)cc2C)C1. The lowest BCUT2D eigenvalue weighted by atomic mass is 9.91. The molecule has 104 valence electrons. The van der Waals surface area contributed by atoms with Crippen molar-refractivity contribution in [3.63, 3.8) is 0 Å². The fourth-order valence-corrected chi connectivity index (χ4v) is 2.65. The zero-order chi connectivity index (χ0) is 13.8. The molecule has 1 aromatic rings. The Bertz CT molecular complexity index is 461. The topological polar surface area (TPSA) is 41.1 Å². The summed E-state index contributed by atoms with van der Waals surface area (Å²) in [4.78, 5) is 11.5. The van der Waals surface area contributed by atoms with E-state index in [-0.39, 0.29) is 23.8 Å². The van der Waals surface area contributed by atoms with Gasteiger partial charge in [0.15, 0.2) is 0 Å². The summed E-state index contributed by atoms with van der Waals surface area (Å²) < 4.78 is 13.1. The van der Waals surface area contributed by atoms with E-state index < -0.39 is 0 Å². The normalized spacial score (nSPS) is 23.1. The first-order valence-corrected chi connectivity index (χ1v) is 6.89. The van der Waals surface area contributed by atoms with Crippen LogP contribution in [0.15, 0.2) is 18.2 Å². The first kappa shape index (κ1) is 14.0. The fourth-order valence-electron chi connectivity index (χ4n) is 2.65. The summed E-state index contributed by atoms with van der Waals surface area (Å²) in [5, 5.41) is 6.49. The Kier molecular flexibility index (Phi) is 4.53. The maximum absolute atomic E-state index is 13.1. The Morgan fingerprint density at radius 1 is 1.53 bits per heavy atom. The molecule has 0 aliphatic carbocycles. The second-order valence-electron chi connectivity index (χ2n) is 5.15. The molecule has 1 saturated heterocycles. The predicted octanol–water partition coefficient (Wildman–Crippen LogP) is 2.45. The summed E-state index contributed by atoms with van der Waals surface area (Å²) in [6, 6.07) is 5.30. The standard InChI is InChI=1S/C15H21FN2O/c1-3-15(19)18-12-6-7-17-14(9-12)13-5-4-11(16)8-10(13)2/h4-5,8,12,14,17H,3,6-7,9H2,1-2H3,(H,18,19). The van der Waals surface area contributed by atoms with Gasteiger partial charge in [0.05, 0.1) is 0 Å². The molecule has 2 unspecified atom stereocenters. The molecule has 2 atom stereocenters. The molecule has 19 heavy (non-hydrogen) atoms. The van der Waals surface area contributed by atoms with Crippen LogP contribution in [-0.2, 0) is 4.79 Å². The molecule has 1 aliphatic rings. The van der Waals surface area contributed by atoms with Gasteiger partial charge in [-0.2, -0.15) is 0 Å². The van der Waals surface area contributed by atoms with Gasteiger partial charge in [-0.3, -0.25) is 4.79 Å². The molecular formula is C15H21FN2O. The number of amides is 1. The zero-order valence-electron chi connectivity index (χ0n) is 11.5. The summed E-state index contributed by atoms with van der Waals surface area (Å²) in [6.45, 7) is 4.66. The van der Waals surface area contributed by atoms with Crippen molar-refractivity contribution in [3.8, 4) is 0 Å². The van der Waals surface area contributed by atoms with E-state index in [2.05, 4.69) is 10.6 Å². The molecule has 2 rings (SSSR count). The number of nitrogens with one attached hydrogen (secondary N) is 2. The van der Waals surface area contributed by atoms with Crippen molar-refractivity contribution in [1.29, 1.82) is 0 Å². The molecule has 1 aromatic carbocycles. The number of rotatable bonds is 3. The third-order valence-corrected chi connectivity index (χ3v) is 3.70. The Morgan fingerprint density at radius 2 is 2.32 bits per heavy atom. The molecule has 1 fully saturated rings. The van der Waals surface area contributed by atoms with Crippen LogP contribution in [0.4, 0.5) is 4.39 Å². The maximum atomic E-state index is 13.1. The van der Waals surface area contributed by atoms with Gasteiger partial charge >= 0.3 is 0 Å². The molecule has 2 N–H and O–H groups in total. The van der Waals surface area contributed by atoms with Crippen LogP contribution in [0, 0.1) is 12.7 Å². The molecule has 1 aliphatic heterocycles. The van der Waals surface area contributed by atoms with Crippen molar-refractivity contribution in [2.45, 2.75) is 45.2 Å². The Hall–Kier alpha value is -1.42. The van der Waals surface area contributed by atoms with Crippen molar-refractivity contribution in [2.75, 3.05) is 6.54 Å². The molecule has 3 nitrogen and oxygen atoms in total. The summed E-state index contributed by atoms with van der Waals surface area (Å²) in [6.07, 6.45) is 2.32. The summed E-state index contributed by atoms with van der Waals surface area (Å²) in [7, 11) is 0. The number of carbonyl (C=O) groups excluding carboxylic acids is 1. The highest BCUT2D eigenvalue weighted by Crippen LogP contribution is 2.26. The van der Waals surface area contributed by atoms with E-state index >= 15 is 0 Å². The van der Waals surface area contributed by atoms with E-state index in [0.29, 0.717) is 6.42 Å². The molecule has 0 radical (unpaired) electrons. The van der Waals surface area contributed by atoms with E-state index in [1.54, 1.807) is 6.07 Å². The van der Waals surface area contributed by atoms with Gasteiger partial charge in [0.25, 0.3) is 0 Å². The number of hydrogen-bond donors (Lipinski definition) is 2. The van der Waals surface area contributed by atoms with Gasteiger partial charge in [0.1, 0.15) is 5.82 Å². The van der Waals surface area contributed by atoms with Gasteiger partial charge < -0.3 is 10.6 Å². The van der Waals surface area contributed by atoms with Gasteiger partial charge in [-0.05, 0) is 49.6 Å². The maximum Gasteiger partial charge on any atom is 0.219 e. The quantitative estimate of drug-likeness (QED) is 0.880. The average molecular weight is 264 g/mol. The first-order valence-electron chi connectivity index (χ1n) is 6.89. The lowest BCUT2D eigenvalue weighted by Crippen LogP contribution is -2.44. The predicted molar refractivity (Wildman–Crippen MR) is 73.3 cm³/mol. The smallest absolute Gasteiger partial charge is 0.219 e. The van der Waals surface area contributed by atoms with Crippen molar-refractivity contribution in [2.24, 2.45) is 0 Å². The number of aryl methyl sites for hydroxylation is 1. The molecule has 0 spiro atoms. The lowest BCUT2D eigenvalue weighted by Gasteiger charge is -2.32. The summed E-state index contributed by atoms with van der Waals surface area (Å²) in [5.74, 6) is -0.102. The van der Waals surface area contributed by atoms with Crippen LogP contribution in [0.25, 0.3) is 0 Å². The van der Waals surface area contributed by atoms with Crippen LogP contribution < -0.4 is 10.6 Å². The Balaban J connectivity index is 2.06. The monoisotopic (exact) mass is 264 g/mol. The molecule has 4 heteroatoms. The van der Waals surface area contributed by atoms with Crippen LogP contribution in [0.2, 0.25) is 0 Å². The summed E-state index contributed by atoms with van der Waals surface area (Å²) in [5.41, 5.74) is 2.08. The van der Waals surface area contributed by atoms with E-state index in [1.807, 2.05) is 19.9 Å². The number of benzene rings is 1. The molecule has 0 bridgehead atoms. The molecule has 0 aromatic heterocycles. The molecule has 1 amide bonds. The van der Waals surface area contributed by atoms with Gasteiger partial charge in [-0.1, -0.05) is 13.0 Å². The third-order valence-electron chi connectivity index (χ3n) is 3.70. The first-order chi connectivity index (χ1) is 9.10. The van der Waals surface area contributed by atoms with E-state index in [0.717, 1.165) is 30.5 Å². The van der Waals surface area contributed by atoms with Crippen molar-refractivity contribution < 1.29 is 9.18 Å². The van der Waals surface area contributed by atoms with Crippen LogP contribution in [-0.4, -0.2) is 18.5 Å². The Labute approximate surface area is 113 Å². The second-order valence-corrected chi connectivity index (χ2v) is 5.15. The van der Waals surface area contributed by atoms with Gasteiger partial charge in [0.2, 0.25) is 5.91 Å². The lowest BCUT2D eigenvalue weighted by molar-refractivity contribution is -0.121. The fraction of sp³-hybridized carbons (Fsp3) is 0.533. The van der Waals surface area contributed by atoms with Crippen molar-refractivity contribution >= 4 is 5.91 Å². The van der Waals surface area contributed by atoms with E-state index in [4.69, 9.17) is 0 Å². The zero-order valence-corrected chi connectivity index (χ0v) is 11.5. The minimum atomic E-state index is -0.201. The number of piperidine rings is 1. The van der Waals surface area contributed by atoms with Gasteiger partial charge in [-0.25, -0.2) is 4.39 Å². The molecule has 1 heterocycles. The van der Waals surface area contributed by atoms with Crippen molar-refractivity contribution in [3.05, 3.63) is 35.1 Å². The highest BCUT2D eigenvalue weighted by molar-refractivity contribution is 5.75.